The molecule has 0 amide bonds. The molecule has 19 heavy (non-hydrogen) atoms. The van der Waals surface area contributed by atoms with E-state index in [1.165, 1.54) is 25.7 Å². The molecule has 2 aliphatic rings. The second-order valence-corrected chi connectivity index (χ2v) is 5.58. The highest BCUT2D eigenvalue weighted by Gasteiger charge is 2.41. The van der Waals surface area contributed by atoms with Gasteiger partial charge in [-0.05, 0) is 44.4 Å². The number of nitrogens with two attached hydrogens (primary N) is 1. The number of anilines is 2. The molecule has 0 spiro atoms. The first kappa shape index (κ1) is 12.7. The molecular formula is C14H22N4O. The molecule has 0 unspecified atom stereocenters. The van der Waals surface area contributed by atoms with Gasteiger partial charge in [-0.15, -0.1) is 0 Å². The van der Waals surface area contributed by atoms with E-state index in [1.54, 1.807) is 0 Å². The van der Waals surface area contributed by atoms with Crippen LogP contribution in [0.3, 0.4) is 0 Å². The summed E-state index contributed by atoms with van der Waals surface area (Å²) in [5.41, 5.74) is 5.84. The van der Waals surface area contributed by atoms with E-state index in [-0.39, 0.29) is 0 Å². The third-order valence-electron chi connectivity index (χ3n) is 3.80. The molecule has 104 valence electrons. The summed E-state index contributed by atoms with van der Waals surface area (Å²) in [7, 11) is 0. The summed E-state index contributed by atoms with van der Waals surface area (Å²) in [6.07, 6.45) is 5.39. The Balaban J connectivity index is 1.69. The van der Waals surface area contributed by atoms with E-state index in [0.717, 1.165) is 17.7 Å². The first-order valence-electron chi connectivity index (χ1n) is 7.24. The fourth-order valence-corrected chi connectivity index (χ4v) is 2.55. The van der Waals surface area contributed by atoms with Crippen LogP contribution < -0.4 is 11.1 Å². The molecule has 3 N–H and O–H groups in total. The van der Waals surface area contributed by atoms with E-state index < -0.39 is 0 Å². The van der Waals surface area contributed by atoms with Crippen molar-refractivity contribution in [3.05, 3.63) is 11.9 Å². The van der Waals surface area contributed by atoms with E-state index >= 15 is 0 Å². The SMILES string of the molecule is CCOCc1nc(N)cc(NC(C2CC2)C2CC2)n1. The average Bonchev–Trinajstić information content (AvgIpc) is 3.27. The molecule has 0 aromatic carbocycles. The van der Waals surface area contributed by atoms with Crippen LogP contribution in [0, 0.1) is 11.8 Å². The van der Waals surface area contributed by atoms with Crippen LogP contribution in [0.2, 0.25) is 0 Å². The van der Waals surface area contributed by atoms with Crippen LogP contribution in [0.1, 0.15) is 38.4 Å². The predicted molar refractivity (Wildman–Crippen MR) is 74.6 cm³/mol. The smallest absolute Gasteiger partial charge is 0.158 e. The van der Waals surface area contributed by atoms with Gasteiger partial charge in [0, 0.05) is 18.7 Å². The summed E-state index contributed by atoms with van der Waals surface area (Å²) >= 11 is 0. The Kier molecular flexibility index (Phi) is 3.55. The van der Waals surface area contributed by atoms with Gasteiger partial charge < -0.3 is 15.8 Å². The molecule has 5 heteroatoms. The second kappa shape index (κ2) is 5.33. The van der Waals surface area contributed by atoms with E-state index in [0.29, 0.717) is 30.9 Å². The van der Waals surface area contributed by atoms with E-state index in [4.69, 9.17) is 10.5 Å². The minimum Gasteiger partial charge on any atom is -0.384 e. The zero-order valence-corrected chi connectivity index (χ0v) is 11.4. The highest BCUT2D eigenvalue weighted by atomic mass is 16.5. The first-order valence-corrected chi connectivity index (χ1v) is 7.24. The highest BCUT2D eigenvalue weighted by Crippen LogP contribution is 2.45. The van der Waals surface area contributed by atoms with Crippen LogP contribution in [-0.4, -0.2) is 22.6 Å². The standard InChI is InChI=1S/C14H22N4O/c1-2-19-8-13-16-11(15)7-12(17-13)18-14(9-3-4-9)10-5-6-10/h7,9-10,14H,2-6,8H2,1H3,(H3,15,16,17,18). The normalized spacial score (nSPS) is 18.8. The van der Waals surface area contributed by atoms with Gasteiger partial charge in [-0.3, -0.25) is 0 Å². The Labute approximate surface area is 114 Å². The van der Waals surface area contributed by atoms with Gasteiger partial charge in [0.2, 0.25) is 0 Å². The lowest BCUT2D eigenvalue weighted by atomic mass is 10.1. The Hall–Kier alpha value is -1.36. The van der Waals surface area contributed by atoms with Crippen molar-refractivity contribution in [2.24, 2.45) is 11.8 Å². The number of hydrogen-bond acceptors (Lipinski definition) is 5. The van der Waals surface area contributed by atoms with Gasteiger partial charge in [-0.25, -0.2) is 9.97 Å². The molecule has 0 bridgehead atoms. The fraction of sp³-hybridized carbons (Fsp3) is 0.714. The molecule has 1 aromatic heterocycles. The Bertz CT molecular complexity index is 431. The van der Waals surface area contributed by atoms with Crippen LogP contribution in [0.25, 0.3) is 0 Å². The molecule has 1 heterocycles. The molecule has 0 radical (unpaired) electrons. The summed E-state index contributed by atoms with van der Waals surface area (Å²) < 4.78 is 5.35. The van der Waals surface area contributed by atoms with Crippen molar-refractivity contribution in [3.8, 4) is 0 Å². The van der Waals surface area contributed by atoms with Crippen LogP contribution in [0.15, 0.2) is 6.07 Å². The van der Waals surface area contributed by atoms with Crippen LogP contribution in [-0.2, 0) is 11.3 Å². The average molecular weight is 262 g/mol. The summed E-state index contributed by atoms with van der Waals surface area (Å²) in [5.74, 6) is 3.69. The predicted octanol–water partition coefficient (Wildman–Crippen LogP) is 2.20. The minimum absolute atomic E-state index is 0.424. The monoisotopic (exact) mass is 262 g/mol. The van der Waals surface area contributed by atoms with Crippen molar-refractivity contribution >= 4 is 11.6 Å². The summed E-state index contributed by atoms with van der Waals surface area (Å²) in [6.45, 7) is 3.04. The van der Waals surface area contributed by atoms with E-state index in [1.807, 2.05) is 13.0 Å². The van der Waals surface area contributed by atoms with Gasteiger partial charge in [0.1, 0.15) is 18.2 Å². The van der Waals surface area contributed by atoms with Crippen molar-refractivity contribution in [3.63, 3.8) is 0 Å². The highest BCUT2D eigenvalue weighted by molar-refractivity contribution is 5.45. The topological polar surface area (TPSA) is 73.1 Å². The molecule has 0 saturated heterocycles. The van der Waals surface area contributed by atoms with Gasteiger partial charge in [0.05, 0.1) is 0 Å². The van der Waals surface area contributed by atoms with E-state index in [9.17, 15) is 0 Å². The number of aromatic nitrogens is 2. The molecule has 0 aliphatic heterocycles. The maximum absolute atomic E-state index is 5.84. The minimum atomic E-state index is 0.424. The molecule has 5 nitrogen and oxygen atoms in total. The lowest BCUT2D eigenvalue weighted by molar-refractivity contribution is 0.128. The van der Waals surface area contributed by atoms with Gasteiger partial charge in [-0.2, -0.15) is 0 Å². The molecule has 3 rings (SSSR count). The summed E-state index contributed by atoms with van der Waals surface area (Å²) in [6, 6.07) is 2.40. The maximum Gasteiger partial charge on any atom is 0.158 e. The largest absolute Gasteiger partial charge is 0.384 e. The molecule has 0 atom stereocenters. The number of rotatable bonds is 7. The van der Waals surface area contributed by atoms with Crippen molar-refractivity contribution in [1.29, 1.82) is 0 Å². The molecule has 2 aliphatic carbocycles. The second-order valence-electron chi connectivity index (χ2n) is 5.58. The van der Waals surface area contributed by atoms with Gasteiger partial charge in [0.15, 0.2) is 5.82 Å². The number of hydrogen-bond donors (Lipinski definition) is 2. The van der Waals surface area contributed by atoms with Crippen LogP contribution in [0.4, 0.5) is 11.6 Å². The number of nitrogens with zero attached hydrogens (tertiary/aromatic N) is 2. The fourth-order valence-electron chi connectivity index (χ4n) is 2.55. The zero-order valence-electron chi connectivity index (χ0n) is 11.4. The van der Waals surface area contributed by atoms with Crippen molar-refractivity contribution in [2.45, 2.75) is 45.3 Å². The quantitative estimate of drug-likeness (QED) is 0.788. The Morgan fingerprint density at radius 1 is 1.32 bits per heavy atom. The third-order valence-corrected chi connectivity index (χ3v) is 3.80. The molecule has 1 aromatic rings. The Morgan fingerprint density at radius 3 is 2.58 bits per heavy atom. The van der Waals surface area contributed by atoms with Crippen molar-refractivity contribution in [1.82, 2.24) is 9.97 Å². The molecular weight excluding hydrogens is 240 g/mol. The zero-order chi connectivity index (χ0) is 13.2. The molecule has 2 fully saturated rings. The number of nitrogen functional groups attached to an aromatic ring is 1. The van der Waals surface area contributed by atoms with Crippen molar-refractivity contribution in [2.75, 3.05) is 17.7 Å². The third kappa shape index (κ3) is 3.35. The Morgan fingerprint density at radius 2 is 2.00 bits per heavy atom. The van der Waals surface area contributed by atoms with Crippen LogP contribution >= 0.6 is 0 Å². The lowest BCUT2D eigenvalue weighted by Gasteiger charge is -2.18. The number of ether oxygens (including phenoxy) is 1. The molecule has 2 saturated carbocycles. The number of nitrogens with one attached hydrogen (secondary N) is 1. The summed E-state index contributed by atoms with van der Waals surface area (Å²) in [5, 5.41) is 3.57. The van der Waals surface area contributed by atoms with Gasteiger partial charge in [0.25, 0.3) is 0 Å². The summed E-state index contributed by atoms with van der Waals surface area (Å²) in [4.78, 5) is 8.71. The van der Waals surface area contributed by atoms with E-state index in [2.05, 4.69) is 15.3 Å². The first-order chi connectivity index (χ1) is 9.26. The maximum atomic E-state index is 5.84. The lowest BCUT2D eigenvalue weighted by Crippen LogP contribution is -2.25. The van der Waals surface area contributed by atoms with Crippen molar-refractivity contribution < 1.29 is 4.74 Å². The van der Waals surface area contributed by atoms with Gasteiger partial charge >= 0.3 is 0 Å². The van der Waals surface area contributed by atoms with Crippen LogP contribution in [0.5, 0.6) is 0 Å². The van der Waals surface area contributed by atoms with Gasteiger partial charge in [-0.1, -0.05) is 0 Å².